The van der Waals surface area contributed by atoms with Crippen molar-refractivity contribution in [2.75, 3.05) is 26.2 Å². The number of likely N-dealkylation sites (N-methyl/N-ethyl adjacent to an activating group) is 1. The molecule has 5 heteroatoms. The number of piperidine rings is 1. The molecule has 2 N–H and O–H groups in total. The molecule has 0 aromatic carbocycles. The van der Waals surface area contributed by atoms with Crippen molar-refractivity contribution in [2.24, 2.45) is 5.92 Å². The molecule has 2 amide bonds. The lowest BCUT2D eigenvalue weighted by atomic mass is 10.0. The third-order valence-electron chi connectivity index (χ3n) is 4.42. The molecule has 0 spiro atoms. The molecular weight excluding hydrogens is 314 g/mol. The number of unbranched alkanes of at least 4 members (excludes halogenated alkanes) is 2. The maximum atomic E-state index is 12.2. The quantitative estimate of drug-likeness (QED) is 0.591. The molecule has 0 atom stereocenters. The highest BCUT2D eigenvalue weighted by atomic mass is 16.2. The van der Waals surface area contributed by atoms with E-state index in [1.165, 1.54) is 12.8 Å². The number of carbonyl (C=O) groups is 2. The molecule has 148 valence electrons. The average Bonchev–Trinajstić information content (AvgIpc) is 2.61. The highest BCUT2D eigenvalue weighted by molar-refractivity contribution is 5.78. The summed E-state index contributed by atoms with van der Waals surface area (Å²) in [5, 5.41) is 6.07. The van der Waals surface area contributed by atoms with E-state index in [0.29, 0.717) is 13.0 Å². The van der Waals surface area contributed by atoms with Crippen LogP contribution in [0.5, 0.6) is 0 Å². The van der Waals surface area contributed by atoms with Crippen molar-refractivity contribution in [1.82, 2.24) is 15.5 Å². The van der Waals surface area contributed by atoms with E-state index in [-0.39, 0.29) is 17.9 Å². The second-order valence-electron chi connectivity index (χ2n) is 7.00. The number of nitrogens with one attached hydrogen (secondary N) is 2. The second-order valence-corrected chi connectivity index (χ2v) is 7.00. The Kier molecular flexibility index (Phi) is 14.5. The van der Waals surface area contributed by atoms with Crippen LogP contribution in [0.15, 0.2) is 0 Å². The van der Waals surface area contributed by atoms with Crippen LogP contribution in [0.3, 0.4) is 0 Å². The fraction of sp³-hybridized carbons (Fsp3) is 0.900. The molecule has 0 aromatic heterocycles. The maximum absolute atomic E-state index is 12.2. The van der Waals surface area contributed by atoms with Gasteiger partial charge in [0.25, 0.3) is 0 Å². The summed E-state index contributed by atoms with van der Waals surface area (Å²) in [6, 6.07) is 0.219. The predicted octanol–water partition coefficient (Wildman–Crippen LogP) is 3.34. The molecule has 0 radical (unpaired) electrons. The van der Waals surface area contributed by atoms with Gasteiger partial charge in [-0.15, -0.1) is 0 Å². The van der Waals surface area contributed by atoms with Crippen molar-refractivity contribution in [2.45, 2.75) is 85.6 Å². The smallest absolute Gasteiger partial charge is 0.234 e. The van der Waals surface area contributed by atoms with Gasteiger partial charge < -0.3 is 15.5 Å². The van der Waals surface area contributed by atoms with Crippen molar-refractivity contribution >= 4 is 11.8 Å². The van der Waals surface area contributed by atoms with E-state index in [0.717, 1.165) is 51.2 Å². The molecule has 1 rings (SSSR count). The fourth-order valence-electron chi connectivity index (χ4n) is 2.95. The van der Waals surface area contributed by atoms with Gasteiger partial charge in [0, 0.05) is 25.6 Å². The van der Waals surface area contributed by atoms with E-state index in [1.807, 2.05) is 25.7 Å². The summed E-state index contributed by atoms with van der Waals surface area (Å²) in [6.45, 7) is 13.2. The summed E-state index contributed by atoms with van der Waals surface area (Å²) in [5.41, 5.74) is 0. The normalized spacial score (nSPS) is 14.9. The lowest BCUT2D eigenvalue weighted by Crippen LogP contribution is -2.48. The van der Waals surface area contributed by atoms with Crippen LogP contribution in [0, 0.1) is 5.92 Å². The van der Waals surface area contributed by atoms with Gasteiger partial charge in [-0.1, -0.05) is 53.9 Å². The van der Waals surface area contributed by atoms with Crippen LogP contribution in [-0.2, 0) is 9.59 Å². The Balaban J connectivity index is 0.00000277. The van der Waals surface area contributed by atoms with E-state index < -0.39 is 0 Å². The number of likely N-dealkylation sites (tertiary alicyclic amines) is 1. The standard InChI is InChI=1S/C18H35N3O2.C2H6/c1-4-19-14-17(22)20-16-10-12-21(13-11-16)18(23)9-7-5-6-8-15(2)3;1-2/h15-16,19H,4-14H2,1-3H3,(H,20,22);1-2H3. The van der Waals surface area contributed by atoms with Crippen molar-refractivity contribution in [1.29, 1.82) is 0 Å². The second kappa shape index (κ2) is 15.2. The van der Waals surface area contributed by atoms with Gasteiger partial charge in [0.15, 0.2) is 0 Å². The average molecular weight is 356 g/mol. The number of amides is 2. The van der Waals surface area contributed by atoms with Crippen LogP contribution in [-0.4, -0.2) is 48.9 Å². The first-order valence-corrected chi connectivity index (χ1v) is 10.3. The molecule has 0 bridgehead atoms. The SMILES string of the molecule is CC.CCNCC(=O)NC1CCN(C(=O)CCCCCC(C)C)CC1. The third-order valence-corrected chi connectivity index (χ3v) is 4.42. The lowest BCUT2D eigenvalue weighted by Gasteiger charge is -2.32. The van der Waals surface area contributed by atoms with Gasteiger partial charge in [-0.05, 0) is 31.7 Å². The maximum Gasteiger partial charge on any atom is 0.234 e. The van der Waals surface area contributed by atoms with Crippen LogP contribution in [0.1, 0.15) is 79.6 Å². The van der Waals surface area contributed by atoms with E-state index in [4.69, 9.17) is 0 Å². The van der Waals surface area contributed by atoms with Gasteiger partial charge in [-0.25, -0.2) is 0 Å². The summed E-state index contributed by atoms with van der Waals surface area (Å²) < 4.78 is 0. The van der Waals surface area contributed by atoms with Gasteiger partial charge in [-0.3, -0.25) is 9.59 Å². The van der Waals surface area contributed by atoms with Crippen LogP contribution in [0.25, 0.3) is 0 Å². The first-order valence-electron chi connectivity index (χ1n) is 10.3. The lowest BCUT2D eigenvalue weighted by molar-refractivity contribution is -0.132. The van der Waals surface area contributed by atoms with E-state index >= 15 is 0 Å². The molecular formula is C20H41N3O2. The van der Waals surface area contributed by atoms with Gasteiger partial charge in [-0.2, -0.15) is 0 Å². The van der Waals surface area contributed by atoms with Gasteiger partial charge in [0.05, 0.1) is 6.54 Å². The van der Waals surface area contributed by atoms with Gasteiger partial charge in [0.2, 0.25) is 11.8 Å². The minimum absolute atomic E-state index is 0.0572. The number of carbonyl (C=O) groups excluding carboxylic acids is 2. The topological polar surface area (TPSA) is 61.4 Å². The van der Waals surface area contributed by atoms with E-state index in [1.54, 1.807) is 0 Å². The third kappa shape index (κ3) is 12.0. The largest absolute Gasteiger partial charge is 0.352 e. The minimum Gasteiger partial charge on any atom is -0.352 e. The van der Waals surface area contributed by atoms with Crippen molar-refractivity contribution in [3.8, 4) is 0 Å². The Labute approximate surface area is 155 Å². The number of nitrogens with zero attached hydrogens (tertiary/aromatic N) is 1. The minimum atomic E-state index is 0.0572. The summed E-state index contributed by atoms with van der Waals surface area (Å²) in [7, 11) is 0. The first kappa shape index (κ1) is 23.9. The van der Waals surface area contributed by atoms with Gasteiger partial charge >= 0.3 is 0 Å². The Bertz CT molecular complexity index is 351. The molecule has 0 aromatic rings. The van der Waals surface area contributed by atoms with Gasteiger partial charge in [0.1, 0.15) is 0 Å². The predicted molar refractivity (Wildman–Crippen MR) is 106 cm³/mol. The molecule has 1 aliphatic heterocycles. The highest BCUT2D eigenvalue weighted by Crippen LogP contribution is 2.14. The van der Waals surface area contributed by atoms with Crippen molar-refractivity contribution in [3.05, 3.63) is 0 Å². The van der Waals surface area contributed by atoms with Crippen LogP contribution in [0.2, 0.25) is 0 Å². The van der Waals surface area contributed by atoms with Crippen molar-refractivity contribution < 1.29 is 9.59 Å². The number of rotatable bonds is 10. The number of hydrogen-bond acceptors (Lipinski definition) is 3. The molecule has 0 saturated carbocycles. The summed E-state index contributed by atoms with van der Waals surface area (Å²) in [6.07, 6.45) is 7.06. The highest BCUT2D eigenvalue weighted by Gasteiger charge is 2.23. The number of hydrogen-bond donors (Lipinski definition) is 2. The van der Waals surface area contributed by atoms with Crippen LogP contribution < -0.4 is 10.6 Å². The molecule has 1 saturated heterocycles. The zero-order valence-electron chi connectivity index (χ0n) is 17.2. The Hall–Kier alpha value is -1.10. The van der Waals surface area contributed by atoms with Crippen LogP contribution in [0.4, 0.5) is 0 Å². The molecule has 1 heterocycles. The van der Waals surface area contributed by atoms with Crippen molar-refractivity contribution in [3.63, 3.8) is 0 Å². The Morgan fingerprint density at radius 3 is 2.28 bits per heavy atom. The Morgan fingerprint density at radius 2 is 1.72 bits per heavy atom. The van der Waals surface area contributed by atoms with E-state index in [9.17, 15) is 9.59 Å². The summed E-state index contributed by atoms with van der Waals surface area (Å²) in [5.74, 6) is 1.10. The molecule has 0 aliphatic carbocycles. The molecule has 1 fully saturated rings. The Morgan fingerprint density at radius 1 is 1.08 bits per heavy atom. The molecule has 5 nitrogen and oxygen atoms in total. The first-order chi connectivity index (χ1) is 12.0. The molecule has 25 heavy (non-hydrogen) atoms. The monoisotopic (exact) mass is 355 g/mol. The van der Waals surface area contributed by atoms with Crippen LogP contribution >= 0.6 is 0 Å². The summed E-state index contributed by atoms with van der Waals surface area (Å²) >= 11 is 0. The molecule has 0 unspecified atom stereocenters. The zero-order chi connectivity index (χ0) is 19.1. The summed E-state index contributed by atoms with van der Waals surface area (Å²) in [4.78, 5) is 25.8. The van der Waals surface area contributed by atoms with E-state index in [2.05, 4.69) is 24.5 Å². The molecule has 1 aliphatic rings. The zero-order valence-corrected chi connectivity index (χ0v) is 17.2. The fourth-order valence-corrected chi connectivity index (χ4v) is 2.95.